The summed E-state index contributed by atoms with van der Waals surface area (Å²) in [6.45, 7) is 14.5. The summed E-state index contributed by atoms with van der Waals surface area (Å²) in [7, 11) is -3.92. The Bertz CT molecular complexity index is 1180. The molecular formula is C29H39NO4S. The quantitative estimate of drug-likeness (QED) is 0.333. The van der Waals surface area contributed by atoms with Gasteiger partial charge in [0.15, 0.2) is 0 Å². The molecule has 5 nitrogen and oxygen atoms in total. The number of carbonyl (C=O) groups is 1. The summed E-state index contributed by atoms with van der Waals surface area (Å²) in [6.07, 6.45) is 1.60. The third-order valence-electron chi connectivity index (χ3n) is 8.59. The number of aryl methyl sites for hydroxylation is 2. The van der Waals surface area contributed by atoms with E-state index in [-0.39, 0.29) is 33.5 Å². The first-order valence-corrected chi connectivity index (χ1v) is 14.1. The average Bonchev–Trinajstić information content (AvgIpc) is 3.06. The van der Waals surface area contributed by atoms with E-state index in [2.05, 4.69) is 20.8 Å². The molecule has 6 heteroatoms. The van der Waals surface area contributed by atoms with E-state index in [1.165, 1.54) is 0 Å². The number of sulfonamides is 1. The molecule has 2 bridgehead atoms. The second-order valence-corrected chi connectivity index (χ2v) is 13.6. The van der Waals surface area contributed by atoms with Crippen molar-refractivity contribution in [3.63, 3.8) is 0 Å². The second kappa shape index (κ2) is 8.95. The van der Waals surface area contributed by atoms with Gasteiger partial charge in [-0.25, -0.2) is 8.42 Å². The number of carbonyl (C=O) groups excluding carboxylic acids is 1. The lowest BCUT2D eigenvalue weighted by molar-refractivity contribution is -0.158. The van der Waals surface area contributed by atoms with Crippen molar-refractivity contribution in [2.24, 2.45) is 22.7 Å². The van der Waals surface area contributed by atoms with Gasteiger partial charge < -0.3 is 4.74 Å². The predicted octanol–water partition coefficient (Wildman–Crippen LogP) is 6.28. The Morgan fingerprint density at radius 1 is 1.06 bits per heavy atom. The number of esters is 1. The topological polar surface area (TPSA) is 63.7 Å². The highest BCUT2D eigenvalue weighted by Crippen LogP contribution is 2.68. The van der Waals surface area contributed by atoms with Gasteiger partial charge in [0.05, 0.1) is 16.6 Å². The largest absolute Gasteiger partial charge is 0.459 e. The molecule has 2 aliphatic rings. The fraction of sp³-hybridized carbons (Fsp3) is 0.552. The molecule has 0 aromatic heterocycles. The molecule has 35 heavy (non-hydrogen) atoms. The van der Waals surface area contributed by atoms with Crippen LogP contribution in [-0.4, -0.2) is 26.5 Å². The molecule has 4 rings (SSSR count). The molecule has 0 N–H and O–H groups in total. The lowest BCUT2D eigenvalue weighted by Gasteiger charge is -2.43. The number of benzene rings is 2. The van der Waals surface area contributed by atoms with Gasteiger partial charge in [0.2, 0.25) is 0 Å². The van der Waals surface area contributed by atoms with E-state index >= 15 is 0 Å². The van der Waals surface area contributed by atoms with Crippen LogP contribution in [0.5, 0.6) is 0 Å². The molecule has 190 valence electrons. The Kier molecular flexibility index (Phi) is 6.58. The van der Waals surface area contributed by atoms with Crippen molar-refractivity contribution in [1.29, 1.82) is 0 Å². The van der Waals surface area contributed by atoms with Crippen LogP contribution in [0.2, 0.25) is 0 Å². The maximum Gasteiger partial charge on any atom is 0.306 e. The lowest BCUT2D eigenvalue weighted by atomic mass is 9.70. The van der Waals surface area contributed by atoms with Gasteiger partial charge in [-0.15, -0.1) is 0 Å². The fourth-order valence-electron chi connectivity index (χ4n) is 6.52. The molecule has 0 heterocycles. The first-order chi connectivity index (χ1) is 16.3. The molecule has 0 saturated heterocycles. The summed E-state index contributed by atoms with van der Waals surface area (Å²) in [5.74, 6) is -0.0235. The molecule has 0 aliphatic heterocycles. The SMILES string of the molecule is Cc1cc(C)cc(N([C@@H]2[C@H]3CC[C@@](C)([C@@H]2OC(=O)CC(C)[13CH3])C3(C)C)S(=O)(=O)c2ccccc2)c1. The predicted molar refractivity (Wildman–Crippen MR) is 140 cm³/mol. The first-order valence-electron chi connectivity index (χ1n) is 12.7. The molecule has 2 fully saturated rings. The van der Waals surface area contributed by atoms with Crippen LogP contribution in [0, 0.1) is 36.5 Å². The van der Waals surface area contributed by atoms with Gasteiger partial charge in [-0.1, -0.05) is 58.9 Å². The molecule has 1 unspecified atom stereocenters. The molecule has 2 saturated carbocycles. The minimum absolute atomic E-state index is 0.0589. The molecule has 2 aromatic rings. The standard InChI is InChI=1S/C29H39NO4S/c1-19(2)15-25(31)34-27-26(24-13-14-29(27,7)28(24,5)6)30(22-17-20(3)16-21(4)18-22)35(32,33)23-11-9-8-10-12-23/h8-12,16-19,24,26-27H,13-15H2,1-7H3/t24-,26-,27-,29+/m1/s1/i1+1/t19?,24-,26-,27-,29+. The summed E-state index contributed by atoms with van der Waals surface area (Å²) in [5, 5.41) is 0. The number of rotatable bonds is 7. The van der Waals surface area contributed by atoms with Gasteiger partial charge in [0, 0.05) is 11.8 Å². The van der Waals surface area contributed by atoms with E-state index in [1.807, 2.05) is 52.0 Å². The Morgan fingerprint density at radius 3 is 2.23 bits per heavy atom. The van der Waals surface area contributed by atoms with Gasteiger partial charge in [-0.2, -0.15) is 0 Å². The van der Waals surface area contributed by atoms with Crippen LogP contribution in [0.25, 0.3) is 0 Å². The van der Waals surface area contributed by atoms with Crippen molar-refractivity contribution >= 4 is 21.7 Å². The molecule has 0 radical (unpaired) electrons. The highest BCUT2D eigenvalue weighted by Gasteiger charge is 2.70. The number of anilines is 1. The molecular weight excluding hydrogens is 459 g/mol. The van der Waals surface area contributed by atoms with Crippen LogP contribution in [0.4, 0.5) is 5.69 Å². The van der Waals surface area contributed by atoms with Crippen molar-refractivity contribution in [3.8, 4) is 0 Å². The first kappa shape index (κ1) is 25.7. The summed E-state index contributed by atoms with van der Waals surface area (Å²) in [4.78, 5) is 13.2. The zero-order chi connectivity index (χ0) is 25.8. The minimum Gasteiger partial charge on any atom is -0.459 e. The highest BCUT2D eigenvalue weighted by atomic mass is 32.2. The Labute approximate surface area is 210 Å². The van der Waals surface area contributed by atoms with E-state index in [0.29, 0.717) is 12.1 Å². The smallest absolute Gasteiger partial charge is 0.306 e. The van der Waals surface area contributed by atoms with E-state index < -0.39 is 22.2 Å². The number of hydrogen-bond acceptors (Lipinski definition) is 4. The van der Waals surface area contributed by atoms with Gasteiger partial charge >= 0.3 is 5.97 Å². The van der Waals surface area contributed by atoms with Gasteiger partial charge in [-0.3, -0.25) is 9.10 Å². The highest BCUT2D eigenvalue weighted by molar-refractivity contribution is 7.92. The zero-order valence-corrected chi connectivity index (χ0v) is 22.9. The Morgan fingerprint density at radius 2 is 1.66 bits per heavy atom. The monoisotopic (exact) mass is 498 g/mol. The van der Waals surface area contributed by atoms with Crippen LogP contribution in [0.15, 0.2) is 53.4 Å². The molecule has 2 aromatic carbocycles. The third kappa shape index (κ3) is 4.28. The van der Waals surface area contributed by atoms with E-state index in [9.17, 15) is 13.2 Å². The maximum atomic E-state index is 14.3. The van der Waals surface area contributed by atoms with Gasteiger partial charge in [0.1, 0.15) is 6.10 Å². The molecule has 0 amide bonds. The zero-order valence-electron chi connectivity index (χ0n) is 22.0. The minimum atomic E-state index is -3.92. The van der Waals surface area contributed by atoms with Crippen LogP contribution in [0.1, 0.15) is 65.0 Å². The van der Waals surface area contributed by atoms with Crippen molar-refractivity contribution < 1.29 is 17.9 Å². The van der Waals surface area contributed by atoms with Crippen LogP contribution in [0.3, 0.4) is 0 Å². The van der Waals surface area contributed by atoms with Crippen molar-refractivity contribution in [2.45, 2.75) is 84.8 Å². The Hall–Kier alpha value is -2.34. The number of nitrogens with zero attached hydrogens (tertiary/aromatic N) is 1. The van der Waals surface area contributed by atoms with Crippen LogP contribution >= 0.6 is 0 Å². The summed E-state index contributed by atoms with van der Waals surface area (Å²) in [5.41, 5.74) is 2.11. The molecule has 2 aliphatic carbocycles. The third-order valence-corrected chi connectivity index (χ3v) is 10.4. The Balaban J connectivity index is 1.92. The summed E-state index contributed by atoms with van der Waals surface area (Å²) >= 11 is 0. The van der Waals surface area contributed by atoms with Gasteiger partial charge in [-0.05, 0) is 79.3 Å². The van der Waals surface area contributed by atoms with Crippen molar-refractivity contribution in [2.75, 3.05) is 4.31 Å². The molecule has 0 spiro atoms. The van der Waals surface area contributed by atoms with Crippen molar-refractivity contribution in [3.05, 3.63) is 59.7 Å². The van der Waals surface area contributed by atoms with Crippen LogP contribution < -0.4 is 4.31 Å². The second-order valence-electron chi connectivity index (χ2n) is 11.7. The van der Waals surface area contributed by atoms with Crippen molar-refractivity contribution in [1.82, 2.24) is 0 Å². The van der Waals surface area contributed by atoms with E-state index in [1.54, 1.807) is 28.6 Å². The average molecular weight is 499 g/mol. The maximum absolute atomic E-state index is 14.3. The van der Waals surface area contributed by atoms with Crippen LogP contribution in [-0.2, 0) is 19.6 Å². The number of hydrogen-bond donors (Lipinski definition) is 0. The fourth-order valence-corrected chi connectivity index (χ4v) is 8.21. The molecule has 5 atom stereocenters. The van der Waals surface area contributed by atoms with E-state index in [4.69, 9.17) is 4.74 Å². The lowest BCUT2D eigenvalue weighted by Crippen LogP contribution is -2.53. The number of fused-ring (bicyclic) bond motifs is 2. The van der Waals surface area contributed by atoms with Gasteiger partial charge in [0.25, 0.3) is 10.0 Å². The normalized spacial score (nSPS) is 28.0. The van der Waals surface area contributed by atoms with E-state index in [0.717, 1.165) is 24.0 Å². The summed E-state index contributed by atoms with van der Waals surface area (Å²) in [6, 6.07) is 14.0. The number of ether oxygens (including phenoxy) is 1. The summed E-state index contributed by atoms with van der Waals surface area (Å²) < 4.78 is 36.5.